The molecule has 0 aliphatic rings. The summed E-state index contributed by atoms with van der Waals surface area (Å²) in [5, 5.41) is 19.5. The lowest BCUT2D eigenvalue weighted by atomic mass is 10.3. The fourth-order valence-electron chi connectivity index (χ4n) is 1.56. The molecule has 0 spiro atoms. The lowest BCUT2D eigenvalue weighted by molar-refractivity contribution is -0.387. The van der Waals surface area contributed by atoms with E-state index < -0.39 is 51.4 Å². The molecule has 0 saturated heterocycles. The molecule has 1 rings (SSSR count). The molecule has 0 aliphatic heterocycles. The SMILES string of the molecule is O=[N+]([O-])c1ccccc1S(=O)(=O)N(CCO)CC(F)(F)F. The van der Waals surface area contributed by atoms with Gasteiger partial charge in [-0.25, -0.2) is 8.42 Å². The van der Waals surface area contributed by atoms with E-state index in [1.807, 2.05) is 0 Å². The zero-order chi connectivity index (χ0) is 16.3. The van der Waals surface area contributed by atoms with Crippen molar-refractivity contribution in [1.82, 2.24) is 4.31 Å². The zero-order valence-electron chi connectivity index (χ0n) is 10.4. The normalized spacial score (nSPS) is 12.6. The lowest BCUT2D eigenvalue weighted by Gasteiger charge is -2.22. The van der Waals surface area contributed by atoms with Crippen LogP contribution in [0, 0.1) is 10.1 Å². The first-order chi connectivity index (χ1) is 9.59. The molecule has 11 heteroatoms. The number of halogens is 3. The van der Waals surface area contributed by atoms with Crippen LogP contribution in [0.2, 0.25) is 0 Å². The fourth-order valence-corrected chi connectivity index (χ4v) is 3.13. The number of nitro benzene ring substituents is 1. The average Bonchev–Trinajstić information content (AvgIpc) is 2.36. The summed E-state index contributed by atoms with van der Waals surface area (Å²) in [7, 11) is -4.76. The van der Waals surface area contributed by atoms with Crippen LogP contribution in [0.25, 0.3) is 0 Å². The van der Waals surface area contributed by atoms with Crippen molar-refractivity contribution in [1.29, 1.82) is 0 Å². The minimum Gasteiger partial charge on any atom is -0.395 e. The summed E-state index contributed by atoms with van der Waals surface area (Å²) >= 11 is 0. The van der Waals surface area contributed by atoms with E-state index in [0.717, 1.165) is 18.2 Å². The highest BCUT2D eigenvalue weighted by Gasteiger charge is 2.39. The number of aliphatic hydroxyl groups is 1. The molecule has 0 bridgehead atoms. The molecule has 7 nitrogen and oxygen atoms in total. The highest BCUT2D eigenvalue weighted by Crippen LogP contribution is 2.28. The predicted molar refractivity (Wildman–Crippen MR) is 65.0 cm³/mol. The van der Waals surface area contributed by atoms with Crippen LogP contribution in [0.4, 0.5) is 18.9 Å². The molecule has 0 aliphatic carbocycles. The van der Waals surface area contributed by atoms with Gasteiger partial charge in [0.1, 0.15) is 6.54 Å². The molecule has 0 aromatic heterocycles. The highest BCUT2D eigenvalue weighted by atomic mass is 32.2. The van der Waals surface area contributed by atoms with Crippen molar-refractivity contribution in [3.05, 3.63) is 34.4 Å². The second-order valence-electron chi connectivity index (χ2n) is 3.90. The zero-order valence-corrected chi connectivity index (χ0v) is 11.3. The van der Waals surface area contributed by atoms with Gasteiger partial charge >= 0.3 is 6.18 Å². The van der Waals surface area contributed by atoms with Crippen molar-refractivity contribution < 1.29 is 31.6 Å². The molecule has 0 amide bonds. The standard InChI is InChI=1S/C10H11F3N2O5S/c11-10(12,13)7-14(5-6-16)21(19,20)9-4-2-1-3-8(9)15(17)18/h1-4,16H,5-7H2. The van der Waals surface area contributed by atoms with Crippen LogP contribution in [-0.2, 0) is 10.0 Å². The average molecular weight is 328 g/mol. The van der Waals surface area contributed by atoms with Crippen molar-refractivity contribution >= 4 is 15.7 Å². The Labute approximate surface area is 117 Å². The van der Waals surface area contributed by atoms with Gasteiger partial charge in [-0.15, -0.1) is 0 Å². The van der Waals surface area contributed by atoms with Crippen LogP contribution in [0.5, 0.6) is 0 Å². The second kappa shape index (κ2) is 6.37. The van der Waals surface area contributed by atoms with Crippen molar-refractivity contribution in [3.8, 4) is 0 Å². The van der Waals surface area contributed by atoms with E-state index in [0.29, 0.717) is 0 Å². The van der Waals surface area contributed by atoms with Gasteiger partial charge in [0.05, 0.1) is 11.5 Å². The minimum atomic E-state index is -4.84. The van der Waals surface area contributed by atoms with E-state index in [4.69, 9.17) is 5.11 Å². The molecule has 1 aromatic rings. The van der Waals surface area contributed by atoms with Crippen LogP contribution in [0.15, 0.2) is 29.2 Å². The minimum absolute atomic E-state index is 0.0463. The van der Waals surface area contributed by atoms with Gasteiger partial charge in [-0.1, -0.05) is 12.1 Å². The Kier molecular flexibility index (Phi) is 5.25. The Bertz CT molecular complexity index is 617. The van der Waals surface area contributed by atoms with Crippen molar-refractivity contribution in [2.24, 2.45) is 0 Å². The number of nitro groups is 1. The van der Waals surface area contributed by atoms with E-state index in [9.17, 15) is 31.7 Å². The third-order valence-electron chi connectivity index (χ3n) is 2.38. The second-order valence-corrected chi connectivity index (χ2v) is 5.81. The van der Waals surface area contributed by atoms with Gasteiger partial charge in [0, 0.05) is 12.6 Å². The van der Waals surface area contributed by atoms with Gasteiger partial charge in [0.15, 0.2) is 4.90 Å². The molecule has 1 aromatic carbocycles. The van der Waals surface area contributed by atoms with Crippen LogP contribution < -0.4 is 0 Å². The molecule has 118 valence electrons. The quantitative estimate of drug-likeness (QED) is 0.623. The van der Waals surface area contributed by atoms with E-state index in [1.165, 1.54) is 6.07 Å². The van der Waals surface area contributed by atoms with Crippen LogP contribution >= 0.6 is 0 Å². The summed E-state index contributed by atoms with van der Waals surface area (Å²) in [6, 6.07) is 4.06. The van der Waals surface area contributed by atoms with E-state index in [2.05, 4.69) is 0 Å². The molecular formula is C10H11F3N2O5S. The Morgan fingerprint density at radius 1 is 1.29 bits per heavy atom. The van der Waals surface area contributed by atoms with E-state index >= 15 is 0 Å². The number of para-hydroxylation sites is 1. The molecule has 0 atom stereocenters. The summed E-state index contributed by atoms with van der Waals surface area (Å²) in [5.41, 5.74) is -0.831. The van der Waals surface area contributed by atoms with Gasteiger partial charge in [0.25, 0.3) is 5.69 Å². The lowest BCUT2D eigenvalue weighted by Crippen LogP contribution is -2.40. The first-order valence-corrected chi connectivity index (χ1v) is 6.95. The van der Waals surface area contributed by atoms with Crippen molar-refractivity contribution in [2.45, 2.75) is 11.1 Å². The molecule has 0 unspecified atom stereocenters. The Morgan fingerprint density at radius 3 is 2.33 bits per heavy atom. The molecular weight excluding hydrogens is 317 g/mol. The molecule has 0 radical (unpaired) electrons. The van der Waals surface area contributed by atoms with Gasteiger partial charge in [-0.3, -0.25) is 10.1 Å². The smallest absolute Gasteiger partial charge is 0.395 e. The molecule has 0 heterocycles. The molecule has 21 heavy (non-hydrogen) atoms. The largest absolute Gasteiger partial charge is 0.402 e. The number of hydrogen-bond acceptors (Lipinski definition) is 5. The monoisotopic (exact) mass is 328 g/mol. The molecule has 0 fully saturated rings. The number of hydrogen-bond donors (Lipinski definition) is 1. The molecule has 1 N–H and O–H groups in total. The fraction of sp³-hybridized carbons (Fsp3) is 0.400. The third kappa shape index (κ3) is 4.37. The number of sulfonamides is 1. The van der Waals surface area contributed by atoms with Gasteiger partial charge < -0.3 is 5.11 Å². The number of nitrogens with zero attached hydrogens (tertiary/aromatic N) is 2. The van der Waals surface area contributed by atoms with Gasteiger partial charge in [-0.2, -0.15) is 17.5 Å². The maximum Gasteiger partial charge on any atom is 0.402 e. The van der Waals surface area contributed by atoms with Crippen molar-refractivity contribution in [3.63, 3.8) is 0 Å². The number of aliphatic hydroxyl groups excluding tert-OH is 1. The topological polar surface area (TPSA) is 101 Å². The first-order valence-electron chi connectivity index (χ1n) is 5.51. The number of rotatable bonds is 6. The van der Waals surface area contributed by atoms with Crippen LogP contribution in [0.1, 0.15) is 0 Å². The van der Waals surface area contributed by atoms with E-state index in [-0.39, 0.29) is 4.31 Å². The maximum absolute atomic E-state index is 12.4. The number of alkyl halides is 3. The van der Waals surface area contributed by atoms with Crippen molar-refractivity contribution in [2.75, 3.05) is 19.7 Å². The third-order valence-corrected chi connectivity index (χ3v) is 4.28. The summed E-state index contributed by atoms with van der Waals surface area (Å²) in [5.74, 6) is 0. The van der Waals surface area contributed by atoms with Crippen LogP contribution in [0.3, 0.4) is 0 Å². The van der Waals surface area contributed by atoms with E-state index in [1.54, 1.807) is 0 Å². The first kappa shape index (κ1) is 17.3. The van der Waals surface area contributed by atoms with Crippen LogP contribution in [-0.4, -0.2) is 48.6 Å². The van der Waals surface area contributed by atoms with Gasteiger partial charge in [-0.05, 0) is 6.07 Å². The molecule has 0 saturated carbocycles. The summed E-state index contributed by atoms with van der Waals surface area (Å²) in [6.07, 6.45) is -4.84. The maximum atomic E-state index is 12.4. The Balaban J connectivity index is 3.33. The number of benzene rings is 1. The summed E-state index contributed by atoms with van der Waals surface area (Å²) in [4.78, 5) is 8.93. The van der Waals surface area contributed by atoms with Gasteiger partial charge in [0.2, 0.25) is 10.0 Å². The Morgan fingerprint density at radius 2 is 1.86 bits per heavy atom. The predicted octanol–water partition coefficient (Wildman–Crippen LogP) is 1.14. The summed E-state index contributed by atoms with van der Waals surface area (Å²) in [6.45, 7) is -3.52. The highest BCUT2D eigenvalue weighted by molar-refractivity contribution is 7.89. The Hall–Kier alpha value is -1.72. The summed E-state index contributed by atoms with van der Waals surface area (Å²) < 4.78 is 61.5.